The van der Waals surface area contributed by atoms with E-state index in [0.29, 0.717) is 30.4 Å². The van der Waals surface area contributed by atoms with Crippen LogP contribution in [0.2, 0.25) is 5.02 Å². The molecule has 0 fully saturated rings. The number of fused-ring (bicyclic) bond motifs is 1. The molecule has 0 amide bonds. The summed E-state index contributed by atoms with van der Waals surface area (Å²) in [4.78, 5) is 0. The summed E-state index contributed by atoms with van der Waals surface area (Å²) in [5.74, 6) is 1.78. The van der Waals surface area contributed by atoms with Gasteiger partial charge >= 0.3 is 0 Å². The summed E-state index contributed by atoms with van der Waals surface area (Å²) in [6, 6.07) is 13.4. The lowest BCUT2D eigenvalue weighted by Crippen LogP contribution is -2.15. The van der Waals surface area contributed by atoms with Gasteiger partial charge in [-0.3, -0.25) is 0 Å². The third kappa shape index (κ3) is 3.35. The average Bonchev–Trinajstić information content (AvgIpc) is 2.59. The van der Waals surface area contributed by atoms with E-state index in [1.54, 1.807) is 25.3 Å². The molecule has 0 aromatic heterocycles. The Morgan fingerprint density at radius 2 is 1.96 bits per heavy atom. The minimum absolute atomic E-state index is 0.355. The van der Waals surface area contributed by atoms with Gasteiger partial charge in [-0.1, -0.05) is 17.7 Å². The maximum atomic E-state index is 9.59. The molecular formula is C18H16ClNO3. The molecule has 1 unspecified atom stereocenters. The van der Waals surface area contributed by atoms with Gasteiger partial charge in [0.25, 0.3) is 0 Å². The van der Waals surface area contributed by atoms with Crippen LogP contribution in [0.1, 0.15) is 17.0 Å². The van der Waals surface area contributed by atoms with E-state index in [9.17, 15) is 5.26 Å². The normalized spacial score (nSPS) is 14.0. The van der Waals surface area contributed by atoms with Gasteiger partial charge in [0.15, 0.2) is 11.5 Å². The van der Waals surface area contributed by atoms with E-state index in [1.807, 2.05) is 18.2 Å². The first-order valence-corrected chi connectivity index (χ1v) is 7.70. The van der Waals surface area contributed by atoms with Crippen LogP contribution in [-0.4, -0.2) is 20.3 Å². The maximum absolute atomic E-state index is 9.59. The number of nitriles is 1. The molecule has 1 aliphatic rings. The second-order valence-corrected chi connectivity index (χ2v) is 5.69. The van der Waals surface area contributed by atoms with Crippen LogP contribution in [0.5, 0.6) is 17.2 Å². The Kier molecular flexibility index (Phi) is 4.59. The molecular weight excluding hydrogens is 314 g/mol. The van der Waals surface area contributed by atoms with Crippen LogP contribution in [0, 0.1) is 11.3 Å². The van der Waals surface area contributed by atoms with Crippen molar-refractivity contribution < 1.29 is 14.2 Å². The first kappa shape index (κ1) is 15.5. The number of ether oxygens (including phenoxy) is 3. The number of hydrogen-bond acceptors (Lipinski definition) is 4. The standard InChI is InChI=1S/C18H16ClNO3/c1-21-16-5-3-14(19)10-15(16)13(11-20)8-12-2-4-17-18(9-12)23-7-6-22-17/h2-5,9-10,13H,6-8H2,1H3. The number of rotatable bonds is 4. The molecule has 1 aliphatic heterocycles. The van der Waals surface area contributed by atoms with Crippen LogP contribution in [0.15, 0.2) is 36.4 Å². The van der Waals surface area contributed by atoms with Gasteiger partial charge in [0.05, 0.1) is 19.1 Å². The molecule has 5 heteroatoms. The molecule has 1 atom stereocenters. The Morgan fingerprint density at radius 3 is 2.70 bits per heavy atom. The van der Waals surface area contributed by atoms with Crippen LogP contribution in [0.3, 0.4) is 0 Å². The molecule has 118 valence electrons. The molecule has 4 nitrogen and oxygen atoms in total. The van der Waals surface area contributed by atoms with Crippen molar-refractivity contribution in [2.24, 2.45) is 0 Å². The summed E-state index contributed by atoms with van der Waals surface area (Å²) in [6.45, 7) is 1.10. The van der Waals surface area contributed by atoms with Gasteiger partial charge in [-0.25, -0.2) is 0 Å². The molecule has 23 heavy (non-hydrogen) atoms. The first-order chi connectivity index (χ1) is 11.2. The van der Waals surface area contributed by atoms with Gasteiger partial charge < -0.3 is 14.2 Å². The van der Waals surface area contributed by atoms with Crippen molar-refractivity contribution in [1.82, 2.24) is 0 Å². The molecule has 0 saturated heterocycles. The van der Waals surface area contributed by atoms with Gasteiger partial charge in [0.2, 0.25) is 0 Å². The highest BCUT2D eigenvalue weighted by Crippen LogP contribution is 2.35. The van der Waals surface area contributed by atoms with Crippen molar-refractivity contribution in [3.05, 3.63) is 52.5 Å². The van der Waals surface area contributed by atoms with Crippen molar-refractivity contribution in [2.75, 3.05) is 20.3 Å². The van der Waals surface area contributed by atoms with Crippen LogP contribution in [-0.2, 0) is 6.42 Å². The quantitative estimate of drug-likeness (QED) is 0.851. The summed E-state index contributed by atoms with van der Waals surface area (Å²) < 4.78 is 16.5. The van der Waals surface area contributed by atoms with Gasteiger partial charge in [-0.05, 0) is 42.3 Å². The molecule has 0 saturated carbocycles. The highest BCUT2D eigenvalue weighted by molar-refractivity contribution is 6.30. The van der Waals surface area contributed by atoms with E-state index in [0.717, 1.165) is 22.6 Å². The van der Waals surface area contributed by atoms with E-state index in [2.05, 4.69) is 6.07 Å². The average molecular weight is 330 g/mol. The molecule has 0 spiro atoms. The molecule has 3 rings (SSSR count). The summed E-state index contributed by atoms with van der Waals surface area (Å²) in [6.07, 6.45) is 0.545. The Balaban J connectivity index is 1.88. The highest BCUT2D eigenvalue weighted by Gasteiger charge is 2.19. The van der Waals surface area contributed by atoms with Gasteiger partial charge in [-0.2, -0.15) is 5.26 Å². The smallest absolute Gasteiger partial charge is 0.161 e. The topological polar surface area (TPSA) is 51.5 Å². The van der Waals surface area contributed by atoms with Crippen LogP contribution < -0.4 is 14.2 Å². The fraction of sp³-hybridized carbons (Fsp3) is 0.278. The Bertz CT molecular complexity index is 754. The zero-order valence-corrected chi connectivity index (χ0v) is 13.5. The monoisotopic (exact) mass is 329 g/mol. The fourth-order valence-corrected chi connectivity index (χ4v) is 2.83. The summed E-state index contributed by atoms with van der Waals surface area (Å²) >= 11 is 6.07. The SMILES string of the molecule is COc1ccc(Cl)cc1C(C#N)Cc1ccc2c(c1)OCCO2. The molecule has 0 aliphatic carbocycles. The minimum atomic E-state index is -0.355. The Morgan fingerprint density at radius 1 is 1.17 bits per heavy atom. The van der Waals surface area contributed by atoms with Crippen LogP contribution in [0.4, 0.5) is 0 Å². The second-order valence-electron chi connectivity index (χ2n) is 5.25. The number of methoxy groups -OCH3 is 1. The zero-order chi connectivity index (χ0) is 16.2. The molecule has 2 aromatic rings. The van der Waals surface area contributed by atoms with Crippen molar-refractivity contribution >= 4 is 11.6 Å². The predicted molar refractivity (Wildman–Crippen MR) is 87.5 cm³/mol. The summed E-state index contributed by atoms with van der Waals surface area (Å²) in [7, 11) is 1.59. The molecule has 0 radical (unpaired) electrons. The van der Waals surface area contributed by atoms with E-state index >= 15 is 0 Å². The second kappa shape index (κ2) is 6.80. The lowest BCUT2D eigenvalue weighted by Gasteiger charge is -2.20. The lowest BCUT2D eigenvalue weighted by atomic mass is 9.92. The molecule has 1 heterocycles. The van der Waals surface area contributed by atoms with E-state index in [-0.39, 0.29) is 5.92 Å². The summed E-state index contributed by atoms with van der Waals surface area (Å²) in [5, 5.41) is 10.2. The summed E-state index contributed by atoms with van der Waals surface area (Å²) in [5.41, 5.74) is 1.79. The minimum Gasteiger partial charge on any atom is -0.496 e. The van der Waals surface area contributed by atoms with Crippen molar-refractivity contribution in [3.63, 3.8) is 0 Å². The van der Waals surface area contributed by atoms with Crippen LogP contribution in [0.25, 0.3) is 0 Å². The highest BCUT2D eigenvalue weighted by atomic mass is 35.5. The Hall–Kier alpha value is -2.38. The van der Waals surface area contributed by atoms with Crippen molar-refractivity contribution in [3.8, 4) is 23.3 Å². The lowest BCUT2D eigenvalue weighted by molar-refractivity contribution is 0.171. The largest absolute Gasteiger partial charge is 0.496 e. The van der Waals surface area contributed by atoms with Gasteiger partial charge in [0, 0.05) is 10.6 Å². The fourth-order valence-electron chi connectivity index (χ4n) is 2.65. The first-order valence-electron chi connectivity index (χ1n) is 7.33. The number of hydrogen-bond donors (Lipinski definition) is 0. The van der Waals surface area contributed by atoms with Crippen molar-refractivity contribution in [2.45, 2.75) is 12.3 Å². The van der Waals surface area contributed by atoms with Gasteiger partial charge in [0.1, 0.15) is 19.0 Å². The van der Waals surface area contributed by atoms with Gasteiger partial charge in [-0.15, -0.1) is 0 Å². The number of halogens is 1. The van der Waals surface area contributed by atoms with Crippen molar-refractivity contribution in [1.29, 1.82) is 5.26 Å². The zero-order valence-electron chi connectivity index (χ0n) is 12.7. The third-order valence-electron chi connectivity index (χ3n) is 3.77. The van der Waals surface area contributed by atoms with Crippen LogP contribution >= 0.6 is 11.6 Å². The maximum Gasteiger partial charge on any atom is 0.161 e. The molecule has 0 N–H and O–H groups in total. The third-order valence-corrected chi connectivity index (χ3v) is 4.00. The predicted octanol–water partition coefficient (Wildman–Crippen LogP) is 3.97. The van der Waals surface area contributed by atoms with E-state index in [1.165, 1.54) is 0 Å². The van der Waals surface area contributed by atoms with E-state index in [4.69, 9.17) is 25.8 Å². The molecule has 0 bridgehead atoms. The van der Waals surface area contributed by atoms with E-state index < -0.39 is 0 Å². The number of benzene rings is 2. The molecule has 2 aromatic carbocycles. The Labute approximate surface area is 140 Å². The number of nitrogens with zero attached hydrogens (tertiary/aromatic N) is 1.